The SMILES string of the molecule is COc1nc2cc(C)c(C)cc2nc1CN. The first kappa shape index (κ1) is 10.8. The van der Waals surface area contributed by atoms with E-state index in [1.807, 2.05) is 12.1 Å². The summed E-state index contributed by atoms with van der Waals surface area (Å²) in [4.78, 5) is 8.86. The Balaban J connectivity index is 2.73. The smallest absolute Gasteiger partial charge is 0.237 e. The van der Waals surface area contributed by atoms with E-state index in [4.69, 9.17) is 10.5 Å². The Hall–Kier alpha value is -1.68. The van der Waals surface area contributed by atoms with Gasteiger partial charge in [0.15, 0.2) is 0 Å². The molecule has 0 saturated heterocycles. The van der Waals surface area contributed by atoms with Gasteiger partial charge < -0.3 is 10.5 Å². The fourth-order valence-corrected chi connectivity index (χ4v) is 1.63. The average molecular weight is 217 g/mol. The second kappa shape index (κ2) is 4.06. The fraction of sp³-hybridized carbons (Fsp3) is 0.333. The van der Waals surface area contributed by atoms with E-state index in [0.717, 1.165) is 11.0 Å². The summed E-state index contributed by atoms with van der Waals surface area (Å²) in [5, 5.41) is 0. The molecule has 4 nitrogen and oxygen atoms in total. The van der Waals surface area contributed by atoms with Crippen LogP contribution in [0.25, 0.3) is 11.0 Å². The second-order valence-electron chi connectivity index (χ2n) is 3.81. The maximum Gasteiger partial charge on any atom is 0.237 e. The molecular weight excluding hydrogens is 202 g/mol. The number of hydrogen-bond acceptors (Lipinski definition) is 4. The van der Waals surface area contributed by atoms with Crippen LogP contribution in [0.1, 0.15) is 16.8 Å². The van der Waals surface area contributed by atoms with Gasteiger partial charge in [0.1, 0.15) is 5.69 Å². The highest BCUT2D eigenvalue weighted by molar-refractivity contribution is 5.77. The van der Waals surface area contributed by atoms with Crippen molar-refractivity contribution in [2.45, 2.75) is 20.4 Å². The van der Waals surface area contributed by atoms with Crippen molar-refractivity contribution in [3.63, 3.8) is 0 Å². The van der Waals surface area contributed by atoms with Crippen LogP contribution in [0.4, 0.5) is 0 Å². The minimum absolute atomic E-state index is 0.332. The van der Waals surface area contributed by atoms with E-state index >= 15 is 0 Å². The quantitative estimate of drug-likeness (QED) is 0.832. The molecule has 0 aliphatic carbocycles. The lowest BCUT2D eigenvalue weighted by molar-refractivity contribution is 0.391. The molecule has 0 fully saturated rings. The van der Waals surface area contributed by atoms with E-state index in [-0.39, 0.29) is 0 Å². The summed E-state index contributed by atoms with van der Waals surface area (Å²) in [6, 6.07) is 4.04. The fourth-order valence-electron chi connectivity index (χ4n) is 1.63. The number of aryl methyl sites for hydroxylation is 2. The van der Waals surface area contributed by atoms with Crippen LogP contribution >= 0.6 is 0 Å². The molecule has 1 heterocycles. The molecule has 0 radical (unpaired) electrons. The van der Waals surface area contributed by atoms with Crippen molar-refractivity contribution in [2.75, 3.05) is 7.11 Å². The molecule has 2 N–H and O–H groups in total. The van der Waals surface area contributed by atoms with Gasteiger partial charge in [-0.3, -0.25) is 0 Å². The summed E-state index contributed by atoms with van der Waals surface area (Å²) >= 11 is 0. The van der Waals surface area contributed by atoms with E-state index in [2.05, 4.69) is 23.8 Å². The minimum Gasteiger partial charge on any atom is -0.480 e. The molecule has 0 saturated carbocycles. The van der Waals surface area contributed by atoms with Crippen molar-refractivity contribution in [1.82, 2.24) is 9.97 Å². The number of fused-ring (bicyclic) bond motifs is 1. The van der Waals surface area contributed by atoms with Crippen LogP contribution in [0.5, 0.6) is 5.88 Å². The van der Waals surface area contributed by atoms with Crippen LogP contribution in [0.2, 0.25) is 0 Å². The number of rotatable bonds is 2. The van der Waals surface area contributed by atoms with Gasteiger partial charge in [-0.1, -0.05) is 0 Å². The summed E-state index contributed by atoms with van der Waals surface area (Å²) in [5.74, 6) is 0.512. The van der Waals surface area contributed by atoms with E-state index in [9.17, 15) is 0 Å². The molecule has 2 aromatic rings. The molecule has 0 aliphatic rings. The number of hydrogen-bond donors (Lipinski definition) is 1. The summed E-state index contributed by atoms with van der Waals surface area (Å²) in [6.07, 6.45) is 0. The first-order chi connectivity index (χ1) is 7.65. The third-order valence-corrected chi connectivity index (χ3v) is 2.70. The molecule has 1 aromatic heterocycles. The van der Waals surface area contributed by atoms with E-state index in [0.29, 0.717) is 18.1 Å². The van der Waals surface area contributed by atoms with Gasteiger partial charge in [-0.25, -0.2) is 9.97 Å². The zero-order valence-corrected chi connectivity index (χ0v) is 9.74. The summed E-state index contributed by atoms with van der Waals surface area (Å²) in [7, 11) is 1.58. The standard InChI is InChI=1S/C12H15N3O/c1-7-4-9-10(5-8(7)2)15-12(16-3)11(6-13)14-9/h4-5H,6,13H2,1-3H3. The van der Waals surface area contributed by atoms with Gasteiger partial charge >= 0.3 is 0 Å². The van der Waals surface area contributed by atoms with Crippen molar-refractivity contribution in [3.8, 4) is 5.88 Å². The first-order valence-corrected chi connectivity index (χ1v) is 5.17. The molecule has 0 spiro atoms. The lowest BCUT2D eigenvalue weighted by Gasteiger charge is -2.08. The molecule has 84 valence electrons. The lowest BCUT2D eigenvalue weighted by atomic mass is 10.1. The third kappa shape index (κ3) is 1.72. The Bertz CT molecular complexity index is 489. The van der Waals surface area contributed by atoms with Crippen LogP contribution in [-0.4, -0.2) is 17.1 Å². The third-order valence-electron chi connectivity index (χ3n) is 2.70. The second-order valence-corrected chi connectivity index (χ2v) is 3.81. The molecular formula is C12H15N3O. The topological polar surface area (TPSA) is 61.0 Å². The highest BCUT2D eigenvalue weighted by Gasteiger charge is 2.08. The Morgan fingerprint density at radius 3 is 2.19 bits per heavy atom. The summed E-state index contributed by atoms with van der Waals surface area (Å²) < 4.78 is 5.16. The number of nitrogens with zero attached hydrogens (tertiary/aromatic N) is 2. The van der Waals surface area contributed by atoms with Crippen LogP contribution < -0.4 is 10.5 Å². The predicted octanol–water partition coefficient (Wildman–Crippen LogP) is 1.71. The van der Waals surface area contributed by atoms with Crippen LogP contribution in [0.3, 0.4) is 0 Å². The minimum atomic E-state index is 0.332. The van der Waals surface area contributed by atoms with Crippen molar-refractivity contribution in [1.29, 1.82) is 0 Å². The van der Waals surface area contributed by atoms with E-state index < -0.39 is 0 Å². The highest BCUT2D eigenvalue weighted by atomic mass is 16.5. The Kier molecular flexibility index (Phi) is 2.75. The maximum atomic E-state index is 5.60. The van der Waals surface area contributed by atoms with E-state index in [1.54, 1.807) is 7.11 Å². The Labute approximate surface area is 94.5 Å². The van der Waals surface area contributed by atoms with Crippen LogP contribution in [0, 0.1) is 13.8 Å². The monoisotopic (exact) mass is 217 g/mol. The maximum absolute atomic E-state index is 5.60. The van der Waals surface area contributed by atoms with E-state index in [1.165, 1.54) is 11.1 Å². The number of nitrogens with two attached hydrogens (primary N) is 1. The van der Waals surface area contributed by atoms with Crippen molar-refractivity contribution >= 4 is 11.0 Å². The predicted molar refractivity (Wildman–Crippen MR) is 63.5 cm³/mol. The van der Waals surface area contributed by atoms with Crippen molar-refractivity contribution in [2.24, 2.45) is 5.73 Å². The number of benzene rings is 1. The lowest BCUT2D eigenvalue weighted by Crippen LogP contribution is -2.05. The van der Waals surface area contributed by atoms with Gasteiger partial charge in [0.05, 0.1) is 18.1 Å². The van der Waals surface area contributed by atoms with Crippen molar-refractivity contribution < 1.29 is 4.74 Å². The number of methoxy groups -OCH3 is 1. The van der Waals surface area contributed by atoms with Gasteiger partial charge in [-0.05, 0) is 37.1 Å². The number of aromatic nitrogens is 2. The zero-order chi connectivity index (χ0) is 11.7. The molecule has 2 rings (SSSR count). The largest absolute Gasteiger partial charge is 0.480 e. The molecule has 0 aliphatic heterocycles. The van der Waals surface area contributed by atoms with Gasteiger partial charge in [0.25, 0.3) is 0 Å². The van der Waals surface area contributed by atoms with Crippen LogP contribution in [-0.2, 0) is 6.54 Å². The Morgan fingerprint density at radius 1 is 1.12 bits per heavy atom. The average Bonchev–Trinajstić information content (AvgIpc) is 2.29. The molecule has 0 bridgehead atoms. The molecule has 16 heavy (non-hydrogen) atoms. The normalized spacial score (nSPS) is 10.8. The molecule has 4 heteroatoms. The molecule has 0 unspecified atom stereocenters. The van der Waals surface area contributed by atoms with Gasteiger partial charge in [0, 0.05) is 6.54 Å². The van der Waals surface area contributed by atoms with Crippen LogP contribution in [0.15, 0.2) is 12.1 Å². The summed E-state index contributed by atoms with van der Waals surface area (Å²) in [6.45, 7) is 4.45. The zero-order valence-electron chi connectivity index (χ0n) is 9.74. The molecule has 0 atom stereocenters. The van der Waals surface area contributed by atoms with Gasteiger partial charge in [-0.15, -0.1) is 0 Å². The Morgan fingerprint density at radius 2 is 1.69 bits per heavy atom. The molecule has 1 aromatic carbocycles. The molecule has 0 amide bonds. The van der Waals surface area contributed by atoms with Gasteiger partial charge in [0.2, 0.25) is 5.88 Å². The van der Waals surface area contributed by atoms with Gasteiger partial charge in [-0.2, -0.15) is 0 Å². The summed E-state index contributed by atoms with van der Waals surface area (Å²) in [5.41, 5.74) is 10.4. The van der Waals surface area contributed by atoms with Crippen molar-refractivity contribution in [3.05, 3.63) is 29.0 Å². The highest BCUT2D eigenvalue weighted by Crippen LogP contribution is 2.21. The first-order valence-electron chi connectivity index (χ1n) is 5.17. The number of ether oxygens (including phenoxy) is 1.